The Labute approximate surface area is 115 Å². The summed E-state index contributed by atoms with van der Waals surface area (Å²) >= 11 is 0. The van der Waals surface area contributed by atoms with Gasteiger partial charge in [-0.05, 0) is 31.2 Å². The van der Waals surface area contributed by atoms with E-state index in [0.29, 0.717) is 6.04 Å². The minimum absolute atomic E-state index is 0.621. The van der Waals surface area contributed by atoms with E-state index in [-0.39, 0.29) is 0 Å². The van der Waals surface area contributed by atoms with Crippen LogP contribution in [0.3, 0.4) is 0 Å². The number of aromatic nitrogens is 1. The van der Waals surface area contributed by atoms with Crippen LogP contribution in [0.5, 0.6) is 5.75 Å². The van der Waals surface area contributed by atoms with Gasteiger partial charge in [0.05, 0.1) is 19.0 Å². The average Bonchev–Trinajstić information content (AvgIpc) is 2.98. The fraction of sp³-hybridized carbons (Fsp3) is 0.667. The monoisotopic (exact) mass is 261 g/mol. The minimum atomic E-state index is 0.621. The molecule has 0 bridgehead atoms. The van der Waals surface area contributed by atoms with E-state index in [1.54, 1.807) is 7.11 Å². The molecule has 104 valence electrons. The number of hydrogen-bond donors (Lipinski definition) is 1. The Hall–Kier alpha value is -1.29. The van der Waals surface area contributed by atoms with Crippen LogP contribution in [0.4, 0.5) is 5.69 Å². The number of pyridine rings is 1. The molecular formula is C15H23N3O. The third kappa shape index (κ3) is 2.08. The zero-order chi connectivity index (χ0) is 13.4. The predicted molar refractivity (Wildman–Crippen MR) is 76.8 cm³/mol. The highest BCUT2D eigenvalue weighted by atomic mass is 16.5. The lowest BCUT2D eigenvalue weighted by Crippen LogP contribution is -2.35. The van der Waals surface area contributed by atoms with Crippen LogP contribution in [0.15, 0.2) is 12.3 Å². The Bertz CT molecular complexity index is 463. The van der Waals surface area contributed by atoms with Crippen molar-refractivity contribution in [2.24, 2.45) is 11.8 Å². The van der Waals surface area contributed by atoms with Crippen LogP contribution in [0.1, 0.15) is 19.0 Å². The molecule has 1 N–H and O–H groups in total. The first-order valence-corrected chi connectivity index (χ1v) is 7.22. The van der Waals surface area contributed by atoms with Crippen LogP contribution in [-0.4, -0.2) is 37.8 Å². The van der Waals surface area contributed by atoms with E-state index in [9.17, 15) is 0 Å². The number of ether oxygens (including phenoxy) is 1. The Morgan fingerprint density at radius 2 is 2.32 bits per heavy atom. The molecule has 0 spiro atoms. The minimum Gasteiger partial charge on any atom is -0.493 e. The lowest BCUT2D eigenvalue weighted by molar-refractivity contribution is 0.408. The van der Waals surface area contributed by atoms with Gasteiger partial charge < -0.3 is 15.0 Å². The van der Waals surface area contributed by atoms with Gasteiger partial charge in [-0.3, -0.25) is 4.98 Å². The van der Waals surface area contributed by atoms with Crippen molar-refractivity contribution >= 4 is 5.69 Å². The van der Waals surface area contributed by atoms with E-state index in [1.807, 2.05) is 13.1 Å². The fourth-order valence-electron chi connectivity index (χ4n) is 3.74. The van der Waals surface area contributed by atoms with Crippen molar-refractivity contribution in [2.45, 2.75) is 26.3 Å². The molecule has 2 aliphatic rings. The van der Waals surface area contributed by atoms with Gasteiger partial charge >= 0.3 is 0 Å². The molecule has 4 heteroatoms. The van der Waals surface area contributed by atoms with E-state index in [2.05, 4.69) is 28.2 Å². The smallest absolute Gasteiger partial charge is 0.160 e. The average molecular weight is 261 g/mol. The third-order valence-corrected chi connectivity index (χ3v) is 4.65. The van der Waals surface area contributed by atoms with Gasteiger partial charge in [-0.25, -0.2) is 0 Å². The number of aryl methyl sites for hydroxylation is 1. The van der Waals surface area contributed by atoms with Gasteiger partial charge in [-0.1, -0.05) is 6.92 Å². The maximum Gasteiger partial charge on any atom is 0.160 e. The maximum atomic E-state index is 5.51. The van der Waals surface area contributed by atoms with Crippen molar-refractivity contribution in [3.63, 3.8) is 0 Å². The molecule has 2 saturated heterocycles. The number of nitrogens with one attached hydrogen (secondary N) is 1. The number of hydrogen-bond acceptors (Lipinski definition) is 4. The standard InChI is InChI=1S/C15H23N3O/c1-4-13-12-7-16-6-11(12)9-18(13)14-5-10(2)17-8-15(14)19-3/h5,8,11-13,16H,4,6-7,9H2,1-3H3. The largest absolute Gasteiger partial charge is 0.493 e. The van der Waals surface area contributed by atoms with E-state index in [4.69, 9.17) is 4.74 Å². The van der Waals surface area contributed by atoms with Gasteiger partial charge in [0.1, 0.15) is 0 Å². The highest BCUT2D eigenvalue weighted by molar-refractivity contribution is 5.60. The molecule has 0 aliphatic carbocycles. The molecule has 1 aromatic heterocycles. The number of methoxy groups -OCH3 is 1. The Balaban J connectivity index is 1.95. The van der Waals surface area contributed by atoms with Crippen LogP contribution >= 0.6 is 0 Å². The zero-order valence-corrected chi connectivity index (χ0v) is 12.0. The van der Waals surface area contributed by atoms with Crippen LogP contribution in [0.2, 0.25) is 0 Å². The highest BCUT2D eigenvalue weighted by Gasteiger charge is 2.43. The predicted octanol–water partition coefficient (Wildman–Crippen LogP) is 1.83. The quantitative estimate of drug-likeness (QED) is 0.901. The summed E-state index contributed by atoms with van der Waals surface area (Å²) in [6, 6.07) is 2.78. The molecule has 3 unspecified atom stereocenters. The summed E-state index contributed by atoms with van der Waals surface area (Å²) < 4.78 is 5.51. The summed E-state index contributed by atoms with van der Waals surface area (Å²) in [5, 5.41) is 3.53. The van der Waals surface area contributed by atoms with E-state index < -0.39 is 0 Å². The first-order chi connectivity index (χ1) is 9.24. The van der Waals surface area contributed by atoms with Crippen molar-refractivity contribution < 1.29 is 4.74 Å². The molecule has 19 heavy (non-hydrogen) atoms. The second kappa shape index (κ2) is 5.00. The molecule has 0 saturated carbocycles. The van der Waals surface area contributed by atoms with E-state index in [1.165, 1.54) is 12.1 Å². The highest BCUT2D eigenvalue weighted by Crippen LogP contribution is 2.40. The lowest BCUT2D eigenvalue weighted by atomic mass is 9.93. The SMILES string of the molecule is CCC1C2CNCC2CN1c1cc(C)ncc1OC. The molecule has 2 aliphatic heterocycles. The van der Waals surface area contributed by atoms with E-state index >= 15 is 0 Å². The molecule has 3 atom stereocenters. The summed E-state index contributed by atoms with van der Waals surface area (Å²) in [5.41, 5.74) is 2.28. The first-order valence-electron chi connectivity index (χ1n) is 7.22. The fourth-order valence-corrected chi connectivity index (χ4v) is 3.74. The molecule has 3 rings (SSSR count). The van der Waals surface area contributed by atoms with Crippen molar-refractivity contribution in [2.75, 3.05) is 31.6 Å². The maximum absolute atomic E-state index is 5.51. The van der Waals surface area contributed by atoms with Gasteiger partial charge in [0.2, 0.25) is 0 Å². The second-order valence-corrected chi connectivity index (χ2v) is 5.71. The molecule has 3 heterocycles. The van der Waals surface area contributed by atoms with Crippen molar-refractivity contribution in [3.05, 3.63) is 18.0 Å². The normalized spacial score (nSPS) is 29.6. The number of anilines is 1. The topological polar surface area (TPSA) is 37.4 Å². The summed E-state index contributed by atoms with van der Waals surface area (Å²) in [6.45, 7) is 7.79. The number of fused-ring (bicyclic) bond motifs is 1. The van der Waals surface area contributed by atoms with Gasteiger partial charge in [0.15, 0.2) is 5.75 Å². The van der Waals surface area contributed by atoms with Crippen molar-refractivity contribution in [3.8, 4) is 5.75 Å². The summed E-state index contributed by atoms with van der Waals surface area (Å²) in [5.74, 6) is 2.46. The number of rotatable bonds is 3. The van der Waals surface area contributed by atoms with Gasteiger partial charge in [-0.2, -0.15) is 0 Å². The third-order valence-electron chi connectivity index (χ3n) is 4.65. The Kier molecular flexibility index (Phi) is 3.35. The summed E-state index contributed by atoms with van der Waals surface area (Å²) in [4.78, 5) is 6.89. The van der Waals surface area contributed by atoms with Gasteiger partial charge in [-0.15, -0.1) is 0 Å². The molecule has 0 amide bonds. The molecule has 1 aromatic rings. The van der Waals surface area contributed by atoms with E-state index in [0.717, 1.165) is 42.9 Å². The second-order valence-electron chi connectivity index (χ2n) is 5.71. The van der Waals surface area contributed by atoms with Crippen LogP contribution in [0, 0.1) is 18.8 Å². The van der Waals surface area contributed by atoms with Crippen LogP contribution in [-0.2, 0) is 0 Å². The summed E-state index contributed by atoms with van der Waals surface area (Å²) in [6.07, 6.45) is 3.04. The molecule has 2 fully saturated rings. The molecular weight excluding hydrogens is 238 g/mol. The van der Waals surface area contributed by atoms with Crippen molar-refractivity contribution in [1.29, 1.82) is 0 Å². The zero-order valence-electron chi connectivity index (χ0n) is 12.0. The Morgan fingerprint density at radius 3 is 3.05 bits per heavy atom. The molecule has 4 nitrogen and oxygen atoms in total. The van der Waals surface area contributed by atoms with Gasteiger partial charge in [0.25, 0.3) is 0 Å². The van der Waals surface area contributed by atoms with Gasteiger partial charge in [0, 0.05) is 31.4 Å². The Morgan fingerprint density at radius 1 is 1.47 bits per heavy atom. The number of nitrogens with zero attached hydrogens (tertiary/aromatic N) is 2. The molecule has 0 radical (unpaired) electrons. The van der Waals surface area contributed by atoms with Crippen LogP contribution in [0.25, 0.3) is 0 Å². The van der Waals surface area contributed by atoms with Crippen molar-refractivity contribution in [1.82, 2.24) is 10.3 Å². The van der Waals surface area contributed by atoms with Crippen LogP contribution < -0.4 is 15.0 Å². The molecule has 0 aromatic carbocycles. The summed E-state index contributed by atoms with van der Waals surface area (Å²) in [7, 11) is 1.73. The first kappa shape index (κ1) is 12.7. The lowest BCUT2D eigenvalue weighted by Gasteiger charge is -2.30.